The number of rotatable bonds is 5. The maximum Gasteiger partial charge on any atom is 0.252 e. The molecule has 2 aromatic rings. The van der Waals surface area contributed by atoms with Crippen LogP contribution in [-0.2, 0) is 0 Å². The predicted molar refractivity (Wildman–Crippen MR) is 99.8 cm³/mol. The van der Waals surface area contributed by atoms with Crippen molar-refractivity contribution in [2.45, 2.75) is 39.2 Å². The van der Waals surface area contributed by atoms with E-state index in [1.165, 1.54) is 6.42 Å². The van der Waals surface area contributed by atoms with Crippen LogP contribution in [0.5, 0.6) is 0 Å². The second-order valence-electron chi connectivity index (χ2n) is 6.91. The zero-order valence-electron chi connectivity index (χ0n) is 15.1. The van der Waals surface area contributed by atoms with Gasteiger partial charge in [0.2, 0.25) is 0 Å². The lowest BCUT2D eigenvalue weighted by molar-refractivity contribution is 0.0850. The van der Waals surface area contributed by atoms with Gasteiger partial charge in [0.1, 0.15) is 0 Å². The van der Waals surface area contributed by atoms with E-state index in [4.69, 9.17) is 0 Å². The van der Waals surface area contributed by atoms with E-state index in [0.29, 0.717) is 12.1 Å². The van der Waals surface area contributed by atoms with Crippen molar-refractivity contribution in [3.63, 3.8) is 0 Å². The highest BCUT2D eigenvalue weighted by Crippen LogP contribution is 2.21. The Morgan fingerprint density at radius 1 is 1.36 bits per heavy atom. The van der Waals surface area contributed by atoms with Crippen LogP contribution in [0.4, 0.5) is 0 Å². The number of likely N-dealkylation sites (tertiary alicyclic amines) is 1. The number of pyridine rings is 1. The first kappa shape index (κ1) is 17.8. The summed E-state index contributed by atoms with van der Waals surface area (Å²) < 4.78 is 0. The summed E-state index contributed by atoms with van der Waals surface area (Å²) in [7, 11) is 0. The maximum atomic E-state index is 12.7. The van der Waals surface area contributed by atoms with Crippen LogP contribution in [0.1, 0.15) is 40.9 Å². The molecule has 0 unspecified atom stereocenters. The Kier molecular flexibility index (Phi) is 5.66. The number of fused-ring (bicyclic) bond motifs is 1. The Labute approximate surface area is 149 Å². The summed E-state index contributed by atoms with van der Waals surface area (Å²) in [5.74, 6) is -0.0568. The van der Waals surface area contributed by atoms with Crippen LogP contribution in [0, 0.1) is 13.8 Å². The molecular weight excluding hydrogens is 314 g/mol. The van der Waals surface area contributed by atoms with E-state index in [-0.39, 0.29) is 18.6 Å². The molecular formula is C20H27N3O2. The number of aromatic nitrogens is 1. The summed E-state index contributed by atoms with van der Waals surface area (Å²) in [6.07, 6.45) is 3.38. The van der Waals surface area contributed by atoms with E-state index < -0.39 is 0 Å². The molecule has 1 atom stereocenters. The van der Waals surface area contributed by atoms with Crippen molar-refractivity contribution in [1.82, 2.24) is 15.2 Å². The molecule has 0 saturated carbocycles. The van der Waals surface area contributed by atoms with Gasteiger partial charge in [-0.3, -0.25) is 14.7 Å². The van der Waals surface area contributed by atoms with Crippen molar-refractivity contribution in [3.8, 4) is 0 Å². The zero-order chi connectivity index (χ0) is 17.8. The second-order valence-corrected chi connectivity index (χ2v) is 6.91. The molecule has 134 valence electrons. The van der Waals surface area contributed by atoms with Crippen LogP contribution in [0.25, 0.3) is 10.9 Å². The van der Waals surface area contributed by atoms with E-state index in [9.17, 15) is 9.90 Å². The van der Waals surface area contributed by atoms with Crippen molar-refractivity contribution < 1.29 is 9.90 Å². The molecule has 3 rings (SSSR count). The molecule has 1 fully saturated rings. The van der Waals surface area contributed by atoms with Crippen LogP contribution in [0.3, 0.4) is 0 Å². The minimum absolute atomic E-state index is 0.0568. The van der Waals surface area contributed by atoms with Crippen molar-refractivity contribution in [2.24, 2.45) is 0 Å². The van der Waals surface area contributed by atoms with Crippen molar-refractivity contribution in [3.05, 3.63) is 41.1 Å². The molecule has 1 aliphatic rings. The number of nitrogens with one attached hydrogen (secondary N) is 1. The van der Waals surface area contributed by atoms with Crippen LogP contribution in [0.2, 0.25) is 0 Å². The first-order chi connectivity index (χ1) is 12.1. The van der Waals surface area contributed by atoms with Crippen molar-refractivity contribution >= 4 is 16.8 Å². The first-order valence-electron chi connectivity index (χ1n) is 9.10. The van der Waals surface area contributed by atoms with E-state index in [2.05, 4.69) is 15.2 Å². The highest BCUT2D eigenvalue weighted by molar-refractivity contribution is 6.06. The Morgan fingerprint density at radius 3 is 3.00 bits per heavy atom. The third kappa shape index (κ3) is 3.99. The molecule has 1 saturated heterocycles. The minimum Gasteiger partial charge on any atom is -0.395 e. The molecule has 2 N–H and O–H groups in total. The predicted octanol–water partition coefficient (Wildman–Crippen LogP) is 2.43. The summed E-state index contributed by atoms with van der Waals surface area (Å²) in [4.78, 5) is 19.6. The molecule has 0 bridgehead atoms. The fraction of sp³-hybridized carbons (Fsp3) is 0.500. The van der Waals surface area contributed by atoms with E-state index in [0.717, 1.165) is 48.1 Å². The van der Waals surface area contributed by atoms with Gasteiger partial charge in [-0.2, -0.15) is 0 Å². The number of piperidine rings is 1. The van der Waals surface area contributed by atoms with E-state index in [1.54, 1.807) is 0 Å². The topological polar surface area (TPSA) is 65.5 Å². The number of benzene rings is 1. The number of aliphatic hydroxyl groups is 1. The number of para-hydroxylation sites is 1. The Morgan fingerprint density at radius 2 is 2.20 bits per heavy atom. The van der Waals surface area contributed by atoms with Gasteiger partial charge in [-0.15, -0.1) is 0 Å². The summed E-state index contributed by atoms with van der Waals surface area (Å²) in [5, 5.41) is 13.4. The zero-order valence-corrected chi connectivity index (χ0v) is 15.1. The fourth-order valence-electron chi connectivity index (χ4n) is 3.68. The summed E-state index contributed by atoms with van der Waals surface area (Å²) in [6, 6.07) is 8.02. The van der Waals surface area contributed by atoms with Gasteiger partial charge in [-0.05, 0) is 44.9 Å². The minimum atomic E-state index is -0.0568. The standard InChI is InChI=1S/C20H27N3O2/c1-14-6-5-8-17-18(12-15(2)22-19(14)17)20(25)21-9-11-23-10-4-3-7-16(23)13-24/h5-6,8,12,16,24H,3-4,7,9-11,13H2,1-2H3,(H,21,25)/t16-/m1/s1. The fourth-order valence-corrected chi connectivity index (χ4v) is 3.68. The van der Waals surface area contributed by atoms with Gasteiger partial charge in [-0.1, -0.05) is 24.6 Å². The smallest absolute Gasteiger partial charge is 0.252 e. The third-order valence-electron chi connectivity index (χ3n) is 5.06. The Hall–Kier alpha value is -1.98. The van der Waals surface area contributed by atoms with Crippen LogP contribution in [0.15, 0.2) is 24.3 Å². The monoisotopic (exact) mass is 341 g/mol. The molecule has 5 nitrogen and oxygen atoms in total. The molecule has 1 amide bonds. The summed E-state index contributed by atoms with van der Waals surface area (Å²) in [6.45, 7) is 6.49. The molecule has 5 heteroatoms. The maximum absolute atomic E-state index is 12.7. The van der Waals surface area contributed by atoms with Crippen LogP contribution in [-0.4, -0.2) is 53.2 Å². The normalized spacial score (nSPS) is 18.4. The lowest BCUT2D eigenvalue weighted by atomic mass is 10.0. The second kappa shape index (κ2) is 7.93. The lowest BCUT2D eigenvalue weighted by Gasteiger charge is -2.34. The average molecular weight is 341 g/mol. The van der Waals surface area contributed by atoms with Crippen LogP contribution >= 0.6 is 0 Å². The molecule has 0 spiro atoms. The third-order valence-corrected chi connectivity index (χ3v) is 5.06. The van der Waals surface area contributed by atoms with E-state index in [1.807, 2.05) is 38.1 Å². The van der Waals surface area contributed by atoms with Gasteiger partial charge in [-0.25, -0.2) is 0 Å². The first-order valence-corrected chi connectivity index (χ1v) is 9.10. The molecule has 2 heterocycles. The van der Waals surface area contributed by atoms with Crippen molar-refractivity contribution in [2.75, 3.05) is 26.2 Å². The molecule has 1 aromatic carbocycles. The van der Waals surface area contributed by atoms with Gasteiger partial charge in [0.25, 0.3) is 5.91 Å². The van der Waals surface area contributed by atoms with Gasteiger partial charge in [0.15, 0.2) is 0 Å². The van der Waals surface area contributed by atoms with Gasteiger partial charge < -0.3 is 10.4 Å². The summed E-state index contributed by atoms with van der Waals surface area (Å²) >= 11 is 0. The largest absolute Gasteiger partial charge is 0.395 e. The number of hydrogen-bond donors (Lipinski definition) is 2. The Balaban J connectivity index is 1.69. The Bertz CT molecular complexity index is 760. The SMILES string of the molecule is Cc1cc(C(=O)NCCN2CCCC[C@@H]2CO)c2cccc(C)c2n1. The van der Waals surface area contributed by atoms with Gasteiger partial charge >= 0.3 is 0 Å². The number of aliphatic hydroxyl groups excluding tert-OH is 1. The number of amides is 1. The quantitative estimate of drug-likeness (QED) is 0.877. The molecule has 0 aliphatic carbocycles. The molecule has 0 radical (unpaired) electrons. The number of nitrogens with zero attached hydrogens (tertiary/aromatic N) is 2. The number of carbonyl (C=O) groups excluding carboxylic acids is 1. The molecule has 25 heavy (non-hydrogen) atoms. The molecule has 1 aromatic heterocycles. The highest BCUT2D eigenvalue weighted by atomic mass is 16.3. The van der Waals surface area contributed by atoms with Gasteiger partial charge in [0, 0.05) is 30.2 Å². The average Bonchev–Trinajstić information content (AvgIpc) is 2.62. The molecule has 1 aliphatic heterocycles. The van der Waals surface area contributed by atoms with Gasteiger partial charge in [0.05, 0.1) is 17.7 Å². The number of hydrogen-bond acceptors (Lipinski definition) is 4. The highest BCUT2D eigenvalue weighted by Gasteiger charge is 2.21. The van der Waals surface area contributed by atoms with Crippen LogP contribution < -0.4 is 5.32 Å². The van der Waals surface area contributed by atoms with E-state index >= 15 is 0 Å². The van der Waals surface area contributed by atoms with Crippen molar-refractivity contribution in [1.29, 1.82) is 0 Å². The number of carbonyl (C=O) groups is 1. The lowest BCUT2D eigenvalue weighted by Crippen LogP contribution is -2.45. The summed E-state index contributed by atoms with van der Waals surface area (Å²) in [5.41, 5.74) is 3.50. The number of aryl methyl sites for hydroxylation is 2.